The predicted octanol–water partition coefficient (Wildman–Crippen LogP) is 3.09. The minimum atomic E-state index is 0.0268. The first-order valence-electron chi connectivity index (χ1n) is 8.59. The van der Waals surface area contributed by atoms with Gasteiger partial charge in [0.1, 0.15) is 17.5 Å². The normalized spacial score (nSPS) is 16.6. The lowest BCUT2D eigenvalue weighted by molar-refractivity contribution is 0.225. The van der Waals surface area contributed by atoms with Crippen molar-refractivity contribution in [2.45, 2.75) is 12.5 Å². The molecule has 3 aromatic rings. The number of aromatic hydroxyl groups is 1. The van der Waals surface area contributed by atoms with E-state index >= 15 is 0 Å². The quantitative estimate of drug-likeness (QED) is 0.754. The number of hydrogen-bond acceptors (Lipinski definition) is 6. The second kappa shape index (κ2) is 6.92. The number of aromatic nitrogens is 2. The minimum Gasteiger partial charge on any atom is -0.507 e. The molecule has 0 amide bonds. The number of nitrogens with two attached hydrogens (primary N) is 1. The number of anilines is 2. The zero-order valence-corrected chi connectivity index (χ0v) is 14.2. The summed E-state index contributed by atoms with van der Waals surface area (Å²) in [6, 6.07) is 19.0. The van der Waals surface area contributed by atoms with Gasteiger partial charge in [0.05, 0.1) is 6.54 Å². The Hall–Kier alpha value is -3.28. The van der Waals surface area contributed by atoms with Gasteiger partial charge in [0.2, 0.25) is 0 Å². The second-order valence-corrected chi connectivity index (χ2v) is 6.31. The first-order valence-corrected chi connectivity index (χ1v) is 8.59. The lowest BCUT2D eigenvalue weighted by Crippen LogP contribution is -2.24. The summed E-state index contributed by atoms with van der Waals surface area (Å²) in [5.41, 5.74) is 8.28. The molecule has 1 aliphatic rings. The average Bonchev–Trinajstić information content (AvgIpc) is 3.13. The molecule has 132 valence electrons. The summed E-state index contributed by atoms with van der Waals surface area (Å²) >= 11 is 0. The van der Waals surface area contributed by atoms with Gasteiger partial charge in [-0.3, -0.25) is 0 Å². The van der Waals surface area contributed by atoms with Crippen LogP contribution in [0.1, 0.15) is 6.42 Å². The van der Waals surface area contributed by atoms with Crippen molar-refractivity contribution in [2.24, 2.45) is 0 Å². The Morgan fingerprint density at radius 1 is 1.04 bits per heavy atom. The van der Waals surface area contributed by atoms with Crippen LogP contribution in [0.2, 0.25) is 0 Å². The summed E-state index contributed by atoms with van der Waals surface area (Å²) in [5.74, 6) is 0.897. The standard InChI is InChI=1S/C20H20N4O2/c21-20-19(12-17(22-23-20)16-8-4-5-9-18(16)25)26-15-10-11-24(13-15)14-6-2-1-3-7-14/h1-9,12,15,25H,10-11,13H2,(H2,21,23). The maximum atomic E-state index is 10.0. The van der Waals surface area contributed by atoms with Gasteiger partial charge < -0.3 is 20.5 Å². The molecule has 1 fully saturated rings. The minimum absolute atomic E-state index is 0.0268. The highest BCUT2D eigenvalue weighted by Crippen LogP contribution is 2.32. The highest BCUT2D eigenvalue weighted by Gasteiger charge is 2.25. The fourth-order valence-corrected chi connectivity index (χ4v) is 3.18. The molecule has 3 N–H and O–H groups in total. The number of para-hydroxylation sites is 2. The Bertz CT molecular complexity index is 901. The molecule has 1 atom stereocenters. The van der Waals surface area contributed by atoms with E-state index in [0.29, 0.717) is 17.0 Å². The molecule has 26 heavy (non-hydrogen) atoms. The van der Waals surface area contributed by atoms with Crippen molar-refractivity contribution < 1.29 is 9.84 Å². The molecule has 2 heterocycles. The van der Waals surface area contributed by atoms with Gasteiger partial charge >= 0.3 is 0 Å². The molecule has 0 saturated carbocycles. The summed E-state index contributed by atoms with van der Waals surface area (Å²) < 4.78 is 6.11. The molecule has 1 saturated heterocycles. The number of hydrogen-bond donors (Lipinski definition) is 2. The first-order chi connectivity index (χ1) is 12.7. The lowest BCUT2D eigenvalue weighted by Gasteiger charge is -2.19. The third-order valence-corrected chi connectivity index (χ3v) is 4.53. The molecule has 1 aromatic heterocycles. The number of nitrogens with zero attached hydrogens (tertiary/aromatic N) is 3. The highest BCUT2D eigenvalue weighted by molar-refractivity contribution is 5.68. The molecule has 1 aliphatic heterocycles. The van der Waals surface area contributed by atoms with Crippen molar-refractivity contribution in [3.8, 4) is 22.8 Å². The molecule has 0 spiro atoms. The molecule has 2 aromatic carbocycles. The van der Waals surface area contributed by atoms with Crippen LogP contribution in [0.25, 0.3) is 11.3 Å². The van der Waals surface area contributed by atoms with Gasteiger partial charge in [-0.05, 0) is 24.3 Å². The van der Waals surface area contributed by atoms with Gasteiger partial charge in [-0.2, -0.15) is 0 Å². The number of ether oxygens (including phenoxy) is 1. The molecule has 0 bridgehead atoms. The number of rotatable bonds is 4. The van der Waals surface area contributed by atoms with E-state index < -0.39 is 0 Å². The Labute approximate surface area is 151 Å². The maximum absolute atomic E-state index is 10.0. The van der Waals surface area contributed by atoms with Crippen LogP contribution in [0.5, 0.6) is 11.5 Å². The van der Waals surface area contributed by atoms with Crippen LogP contribution < -0.4 is 15.4 Å². The van der Waals surface area contributed by atoms with E-state index in [0.717, 1.165) is 19.5 Å². The number of benzene rings is 2. The number of phenols is 1. The van der Waals surface area contributed by atoms with Gasteiger partial charge in [-0.25, -0.2) is 0 Å². The van der Waals surface area contributed by atoms with Crippen molar-refractivity contribution in [1.82, 2.24) is 10.2 Å². The zero-order chi connectivity index (χ0) is 17.9. The van der Waals surface area contributed by atoms with Gasteiger partial charge in [0.25, 0.3) is 0 Å². The van der Waals surface area contributed by atoms with Gasteiger partial charge in [0.15, 0.2) is 11.6 Å². The fourth-order valence-electron chi connectivity index (χ4n) is 3.18. The Kier molecular flexibility index (Phi) is 4.31. The highest BCUT2D eigenvalue weighted by atomic mass is 16.5. The fraction of sp³-hybridized carbons (Fsp3) is 0.200. The Morgan fingerprint density at radius 3 is 2.62 bits per heavy atom. The van der Waals surface area contributed by atoms with Crippen LogP contribution in [-0.4, -0.2) is 34.5 Å². The van der Waals surface area contributed by atoms with Crippen LogP contribution >= 0.6 is 0 Å². The number of phenolic OH excluding ortho intramolecular Hbond substituents is 1. The number of nitrogen functional groups attached to an aromatic ring is 1. The van der Waals surface area contributed by atoms with Crippen LogP contribution in [-0.2, 0) is 0 Å². The topological polar surface area (TPSA) is 84.5 Å². The predicted molar refractivity (Wildman–Crippen MR) is 101 cm³/mol. The van der Waals surface area contributed by atoms with Crippen LogP contribution in [0.15, 0.2) is 60.7 Å². The van der Waals surface area contributed by atoms with Crippen LogP contribution in [0.4, 0.5) is 11.5 Å². The molecule has 6 heteroatoms. The first kappa shape index (κ1) is 16.2. The summed E-state index contributed by atoms with van der Waals surface area (Å²) in [6.45, 7) is 1.72. The van der Waals surface area contributed by atoms with Gasteiger partial charge in [-0.1, -0.05) is 30.3 Å². The third kappa shape index (κ3) is 3.26. The summed E-state index contributed by atoms with van der Waals surface area (Å²) in [7, 11) is 0. The van der Waals surface area contributed by atoms with E-state index in [1.807, 2.05) is 24.3 Å². The molecule has 1 unspecified atom stereocenters. The second-order valence-electron chi connectivity index (χ2n) is 6.31. The monoisotopic (exact) mass is 348 g/mol. The smallest absolute Gasteiger partial charge is 0.188 e. The third-order valence-electron chi connectivity index (χ3n) is 4.53. The van der Waals surface area contributed by atoms with E-state index in [1.54, 1.807) is 24.3 Å². The van der Waals surface area contributed by atoms with Crippen LogP contribution in [0, 0.1) is 0 Å². The summed E-state index contributed by atoms with van der Waals surface area (Å²) in [5, 5.41) is 18.1. The molecule has 0 radical (unpaired) electrons. The van der Waals surface area contributed by atoms with Crippen molar-refractivity contribution >= 4 is 11.5 Å². The lowest BCUT2D eigenvalue weighted by atomic mass is 10.1. The SMILES string of the molecule is Nc1nnc(-c2ccccc2O)cc1OC1CCN(c2ccccc2)C1. The Balaban J connectivity index is 1.52. The van der Waals surface area contributed by atoms with E-state index in [4.69, 9.17) is 10.5 Å². The van der Waals surface area contributed by atoms with E-state index in [-0.39, 0.29) is 17.7 Å². The molecular weight excluding hydrogens is 328 g/mol. The van der Waals surface area contributed by atoms with E-state index in [2.05, 4.69) is 27.2 Å². The summed E-state index contributed by atoms with van der Waals surface area (Å²) in [4.78, 5) is 2.29. The van der Waals surface area contributed by atoms with E-state index in [9.17, 15) is 5.11 Å². The Morgan fingerprint density at radius 2 is 1.81 bits per heavy atom. The van der Waals surface area contributed by atoms with Crippen LogP contribution in [0.3, 0.4) is 0 Å². The van der Waals surface area contributed by atoms with E-state index in [1.165, 1.54) is 5.69 Å². The molecule has 6 nitrogen and oxygen atoms in total. The van der Waals surface area contributed by atoms with Gasteiger partial charge in [0, 0.05) is 30.3 Å². The average molecular weight is 348 g/mol. The van der Waals surface area contributed by atoms with Crippen molar-refractivity contribution in [3.05, 3.63) is 60.7 Å². The molecule has 0 aliphatic carbocycles. The van der Waals surface area contributed by atoms with Crippen molar-refractivity contribution in [1.29, 1.82) is 0 Å². The van der Waals surface area contributed by atoms with Crippen molar-refractivity contribution in [3.63, 3.8) is 0 Å². The summed E-state index contributed by atoms with van der Waals surface area (Å²) in [6.07, 6.45) is 0.932. The molecule has 4 rings (SSSR count). The maximum Gasteiger partial charge on any atom is 0.188 e. The largest absolute Gasteiger partial charge is 0.507 e. The zero-order valence-electron chi connectivity index (χ0n) is 14.2. The van der Waals surface area contributed by atoms with Crippen molar-refractivity contribution in [2.75, 3.05) is 23.7 Å². The van der Waals surface area contributed by atoms with Gasteiger partial charge in [-0.15, -0.1) is 10.2 Å². The molecular formula is C20H20N4O2.